The standard InChI is InChI=1S/C6H8BNO4/c1-3(9)8-4(5(7)10)6(11)12-2/h4H,1-2H3,(H,8,9). The highest BCUT2D eigenvalue weighted by atomic mass is 16.5. The van der Waals surface area contributed by atoms with Crippen LogP contribution in [0.25, 0.3) is 0 Å². The summed E-state index contributed by atoms with van der Waals surface area (Å²) >= 11 is 0. The summed E-state index contributed by atoms with van der Waals surface area (Å²) < 4.78 is 4.22. The number of rotatable bonds is 3. The van der Waals surface area contributed by atoms with Crippen LogP contribution in [0.2, 0.25) is 0 Å². The molecule has 1 amide bonds. The third kappa shape index (κ3) is 3.18. The van der Waals surface area contributed by atoms with Gasteiger partial charge >= 0.3 is 5.97 Å². The minimum Gasteiger partial charge on any atom is -0.467 e. The number of esters is 1. The third-order valence-electron chi connectivity index (χ3n) is 1.07. The lowest BCUT2D eigenvalue weighted by atomic mass is 9.95. The molecule has 5 nitrogen and oxygen atoms in total. The normalized spacial score (nSPS) is 11.5. The van der Waals surface area contributed by atoms with Crippen molar-refractivity contribution in [2.24, 2.45) is 0 Å². The molecule has 6 heteroatoms. The van der Waals surface area contributed by atoms with Crippen LogP contribution >= 0.6 is 0 Å². The van der Waals surface area contributed by atoms with Crippen LogP contribution in [-0.4, -0.2) is 38.6 Å². The van der Waals surface area contributed by atoms with Crippen LogP contribution in [0, 0.1) is 0 Å². The molecule has 1 atom stereocenters. The van der Waals surface area contributed by atoms with Gasteiger partial charge in [-0.2, -0.15) is 0 Å². The van der Waals surface area contributed by atoms with E-state index in [1.54, 1.807) is 0 Å². The lowest BCUT2D eigenvalue weighted by Crippen LogP contribution is -2.46. The number of hydrogen-bond acceptors (Lipinski definition) is 4. The molecule has 0 spiro atoms. The number of nitrogens with one attached hydrogen (secondary N) is 1. The molecule has 12 heavy (non-hydrogen) atoms. The van der Waals surface area contributed by atoms with E-state index < -0.39 is 23.6 Å². The molecule has 0 saturated heterocycles. The van der Waals surface area contributed by atoms with Gasteiger partial charge in [0.2, 0.25) is 5.91 Å². The van der Waals surface area contributed by atoms with Crippen molar-refractivity contribution in [3.63, 3.8) is 0 Å². The molecule has 0 aromatic rings. The largest absolute Gasteiger partial charge is 0.467 e. The molecule has 0 heterocycles. The first-order valence-electron chi connectivity index (χ1n) is 3.13. The fourth-order valence-electron chi connectivity index (χ4n) is 0.567. The van der Waals surface area contributed by atoms with Gasteiger partial charge in [-0.1, -0.05) is 0 Å². The lowest BCUT2D eigenvalue weighted by molar-refractivity contribution is -0.146. The zero-order valence-electron chi connectivity index (χ0n) is 6.79. The highest BCUT2D eigenvalue weighted by Gasteiger charge is 2.23. The van der Waals surface area contributed by atoms with Crippen LogP contribution in [-0.2, 0) is 19.1 Å². The number of ether oxygens (including phenoxy) is 1. The van der Waals surface area contributed by atoms with Gasteiger partial charge < -0.3 is 14.8 Å². The fraction of sp³-hybridized carbons (Fsp3) is 0.500. The van der Waals surface area contributed by atoms with E-state index in [1.807, 2.05) is 5.32 Å². The number of amides is 1. The molecule has 0 aliphatic heterocycles. The first-order chi connectivity index (χ1) is 5.49. The van der Waals surface area contributed by atoms with E-state index in [9.17, 15) is 14.4 Å². The molecule has 0 aromatic heterocycles. The van der Waals surface area contributed by atoms with Gasteiger partial charge in [-0.15, -0.1) is 0 Å². The van der Waals surface area contributed by atoms with Crippen LogP contribution in [0.15, 0.2) is 0 Å². The number of carbonyl (C=O) groups excluding carboxylic acids is 3. The average Bonchev–Trinajstić information content (AvgIpc) is 1.98. The van der Waals surface area contributed by atoms with E-state index in [0.717, 1.165) is 7.11 Å². The van der Waals surface area contributed by atoms with Crippen molar-refractivity contribution in [1.29, 1.82) is 0 Å². The van der Waals surface area contributed by atoms with Crippen molar-refractivity contribution in [2.45, 2.75) is 13.0 Å². The average molecular weight is 169 g/mol. The van der Waals surface area contributed by atoms with Crippen molar-refractivity contribution in [3.8, 4) is 0 Å². The van der Waals surface area contributed by atoms with Gasteiger partial charge in [-0.05, 0) is 0 Å². The predicted octanol–water partition coefficient (Wildman–Crippen LogP) is -1.64. The Bertz CT molecular complexity index is 216. The molecule has 0 fully saturated rings. The Balaban J connectivity index is 4.33. The van der Waals surface area contributed by atoms with Crippen LogP contribution in [0.5, 0.6) is 0 Å². The third-order valence-corrected chi connectivity index (χ3v) is 1.07. The Labute approximate surface area is 70.9 Å². The van der Waals surface area contributed by atoms with E-state index in [2.05, 4.69) is 4.74 Å². The predicted molar refractivity (Wildman–Crippen MR) is 40.4 cm³/mol. The van der Waals surface area contributed by atoms with Crippen LogP contribution in [0.3, 0.4) is 0 Å². The monoisotopic (exact) mass is 169 g/mol. The molecule has 0 aromatic carbocycles. The van der Waals surface area contributed by atoms with Gasteiger partial charge in [-0.25, -0.2) is 4.79 Å². The van der Waals surface area contributed by atoms with Crippen molar-refractivity contribution in [2.75, 3.05) is 7.11 Å². The maximum Gasteiger partial charge on any atom is 0.335 e. The zero-order valence-corrected chi connectivity index (χ0v) is 6.79. The van der Waals surface area contributed by atoms with Gasteiger partial charge in [0, 0.05) is 6.92 Å². The van der Waals surface area contributed by atoms with Gasteiger partial charge in [0.25, 0.3) is 0 Å². The lowest BCUT2D eigenvalue weighted by Gasteiger charge is -2.11. The van der Waals surface area contributed by atoms with E-state index in [4.69, 9.17) is 7.85 Å². The van der Waals surface area contributed by atoms with E-state index in [-0.39, 0.29) is 0 Å². The fourth-order valence-corrected chi connectivity index (χ4v) is 0.567. The summed E-state index contributed by atoms with van der Waals surface area (Å²) in [5.41, 5.74) is -0.947. The van der Waals surface area contributed by atoms with Gasteiger partial charge in [0.1, 0.15) is 5.68 Å². The molecule has 2 radical (unpaired) electrons. The summed E-state index contributed by atoms with van der Waals surface area (Å²) in [5, 5.41) is 2.04. The molecule has 0 saturated carbocycles. The molecule has 1 unspecified atom stereocenters. The van der Waals surface area contributed by atoms with E-state index in [1.165, 1.54) is 6.92 Å². The summed E-state index contributed by atoms with van der Waals surface area (Å²) in [5.74, 6) is -1.40. The molecule has 0 aliphatic carbocycles. The summed E-state index contributed by atoms with van der Waals surface area (Å²) in [6, 6.07) is -1.40. The second-order valence-corrected chi connectivity index (χ2v) is 2.06. The first-order valence-corrected chi connectivity index (χ1v) is 3.13. The van der Waals surface area contributed by atoms with Crippen molar-refractivity contribution in [1.82, 2.24) is 5.32 Å². The van der Waals surface area contributed by atoms with E-state index >= 15 is 0 Å². The SMILES string of the molecule is [B]C(=O)C(NC(C)=O)C(=O)OC. The zero-order chi connectivity index (χ0) is 9.72. The van der Waals surface area contributed by atoms with Crippen LogP contribution in [0.4, 0.5) is 0 Å². The van der Waals surface area contributed by atoms with Crippen LogP contribution in [0.1, 0.15) is 6.92 Å². The van der Waals surface area contributed by atoms with Crippen molar-refractivity contribution >= 4 is 25.4 Å². The van der Waals surface area contributed by atoms with E-state index in [0.29, 0.717) is 0 Å². The summed E-state index contributed by atoms with van der Waals surface area (Å²) in [6.45, 7) is 1.17. The first kappa shape index (κ1) is 10.7. The molecular formula is C6H8BNO4. The summed E-state index contributed by atoms with van der Waals surface area (Å²) in [7, 11) is 5.90. The molecular weight excluding hydrogens is 161 g/mol. The Morgan fingerprint density at radius 3 is 2.17 bits per heavy atom. The Morgan fingerprint density at radius 2 is 1.92 bits per heavy atom. The second kappa shape index (κ2) is 4.53. The molecule has 0 rings (SSSR count). The quantitative estimate of drug-likeness (QED) is 0.312. The van der Waals surface area contributed by atoms with Gasteiger partial charge in [-0.3, -0.25) is 4.79 Å². The minimum atomic E-state index is -1.40. The Hall–Kier alpha value is -1.33. The van der Waals surface area contributed by atoms with Gasteiger partial charge in [0.15, 0.2) is 13.9 Å². The smallest absolute Gasteiger partial charge is 0.335 e. The highest BCUT2D eigenvalue weighted by Crippen LogP contribution is 1.87. The summed E-state index contributed by atoms with van der Waals surface area (Å²) in [4.78, 5) is 31.7. The van der Waals surface area contributed by atoms with Gasteiger partial charge in [0.05, 0.1) is 7.11 Å². The van der Waals surface area contributed by atoms with Crippen molar-refractivity contribution < 1.29 is 19.1 Å². The maximum absolute atomic E-state index is 10.8. The van der Waals surface area contributed by atoms with Crippen LogP contribution < -0.4 is 5.32 Å². The second-order valence-electron chi connectivity index (χ2n) is 2.06. The highest BCUT2D eigenvalue weighted by molar-refractivity contribution is 6.61. The Morgan fingerprint density at radius 1 is 1.42 bits per heavy atom. The molecule has 0 bridgehead atoms. The number of hydrogen-bond donors (Lipinski definition) is 1. The maximum atomic E-state index is 10.8. The number of carbonyl (C=O) groups is 3. The molecule has 64 valence electrons. The minimum absolute atomic E-state index is 0.524. The van der Waals surface area contributed by atoms with Crippen molar-refractivity contribution in [3.05, 3.63) is 0 Å². The molecule has 1 N–H and O–H groups in total. The Kier molecular flexibility index (Phi) is 4.03. The molecule has 0 aliphatic rings. The number of methoxy groups -OCH3 is 1. The topological polar surface area (TPSA) is 72.5 Å². The summed E-state index contributed by atoms with van der Waals surface area (Å²) in [6.07, 6.45) is 0.